The average molecular weight is 264 g/mol. The first-order valence-corrected chi connectivity index (χ1v) is 7.19. The fourth-order valence-electron chi connectivity index (χ4n) is 3.78. The lowest BCUT2D eigenvalue weighted by Gasteiger charge is -2.20. The normalized spacial score (nSPS) is 28.9. The predicted octanol–water partition coefficient (Wildman–Crippen LogP) is 1.52. The molecule has 1 heterocycles. The van der Waals surface area contributed by atoms with Crippen molar-refractivity contribution in [2.75, 3.05) is 0 Å². The predicted molar refractivity (Wildman–Crippen MR) is 67.3 cm³/mol. The molecule has 0 radical (unpaired) electrons. The van der Waals surface area contributed by atoms with Crippen LogP contribution in [0, 0.1) is 17.8 Å². The van der Waals surface area contributed by atoms with E-state index in [1.165, 1.54) is 25.7 Å². The second kappa shape index (κ2) is 5.27. The summed E-state index contributed by atoms with van der Waals surface area (Å²) in [5.74, 6) is 2.72. The van der Waals surface area contributed by atoms with Crippen molar-refractivity contribution in [3.63, 3.8) is 0 Å². The van der Waals surface area contributed by atoms with E-state index < -0.39 is 5.97 Å². The second-order valence-corrected chi connectivity index (χ2v) is 5.95. The molecule has 2 aliphatic rings. The van der Waals surface area contributed by atoms with E-state index in [-0.39, 0.29) is 6.42 Å². The van der Waals surface area contributed by atoms with Gasteiger partial charge in [-0.15, -0.1) is 5.10 Å². The van der Waals surface area contributed by atoms with Crippen LogP contribution in [0.25, 0.3) is 0 Å². The number of aromatic nitrogens is 4. The summed E-state index contributed by atoms with van der Waals surface area (Å²) < 4.78 is 1.79. The molecule has 2 saturated carbocycles. The highest BCUT2D eigenvalue weighted by molar-refractivity contribution is 5.66. The van der Waals surface area contributed by atoms with E-state index in [4.69, 9.17) is 5.11 Å². The van der Waals surface area contributed by atoms with Gasteiger partial charge in [0.1, 0.15) is 0 Å². The zero-order valence-electron chi connectivity index (χ0n) is 11.0. The van der Waals surface area contributed by atoms with Crippen molar-refractivity contribution < 1.29 is 9.90 Å². The smallest absolute Gasteiger partial charge is 0.303 e. The van der Waals surface area contributed by atoms with Crippen molar-refractivity contribution in [1.82, 2.24) is 20.2 Å². The number of hydrogen-bond donors (Lipinski definition) is 1. The minimum absolute atomic E-state index is 0.174. The highest BCUT2D eigenvalue weighted by Crippen LogP contribution is 2.49. The second-order valence-electron chi connectivity index (χ2n) is 5.95. The molecule has 0 aliphatic heterocycles. The van der Waals surface area contributed by atoms with Crippen molar-refractivity contribution in [2.45, 2.75) is 51.5 Å². The summed E-state index contributed by atoms with van der Waals surface area (Å²) in [4.78, 5) is 10.5. The summed E-state index contributed by atoms with van der Waals surface area (Å²) in [7, 11) is 0. The van der Waals surface area contributed by atoms with Crippen LogP contribution in [0.5, 0.6) is 0 Å². The Kier molecular flexibility index (Phi) is 3.48. The van der Waals surface area contributed by atoms with E-state index in [1.54, 1.807) is 4.68 Å². The molecule has 3 atom stereocenters. The van der Waals surface area contributed by atoms with Crippen LogP contribution in [0.4, 0.5) is 0 Å². The van der Waals surface area contributed by atoms with E-state index >= 15 is 0 Å². The molecule has 1 aromatic rings. The number of carbonyl (C=O) groups is 1. The summed E-state index contributed by atoms with van der Waals surface area (Å²) in [5, 5.41) is 20.5. The zero-order valence-corrected chi connectivity index (χ0v) is 11.0. The molecule has 1 aromatic heterocycles. The molecule has 6 nitrogen and oxygen atoms in total. The van der Waals surface area contributed by atoms with Crippen LogP contribution >= 0.6 is 0 Å². The van der Waals surface area contributed by atoms with Gasteiger partial charge in [0, 0.05) is 19.4 Å². The molecule has 0 amide bonds. The molecule has 0 saturated heterocycles. The molecule has 1 N–H and O–H groups in total. The molecule has 0 aromatic carbocycles. The molecule has 6 heteroatoms. The molecule has 3 unspecified atom stereocenters. The van der Waals surface area contributed by atoms with Crippen LogP contribution in [0.2, 0.25) is 0 Å². The highest BCUT2D eigenvalue weighted by Gasteiger charge is 2.39. The van der Waals surface area contributed by atoms with Gasteiger partial charge >= 0.3 is 5.97 Å². The Morgan fingerprint density at radius 1 is 1.37 bits per heavy atom. The lowest BCUT2D eigenvalue weighted by molar-refractivity contribution is -0.137. The largest absolute Gasteiger partial charge is 0.481 e. The quantitative estimate of drug-likeness (QED) is 0.842. The number of aryl methyl sites for hydroxylation is 1. The SMILES string of the molecule is O=C(O)CCCn1nnnc1CC1CC2CCC1C2. The molecule has 104 valence electrons. The van der Waals surface area contributed by atoms with Crippen molar-refractivity contribution in [3.05, 3.63) is 5.82 Å². The summed E-state index contributed by atoms with van der Waals surface area (Å²) in [6, 6.07) is 0. The first kappa shape index (κ1) is 12.6. The van der Waals surface area contributed by atoms with Crippen LogP contribution in [0.1, 0.15) is 44.3 Å². The third-order valence-corrected chi connectivity index (χ3v) is 4.70. The number of carboxylic acid groups (broad SMARTS) is 1. The Balaban J connectivity index is 1.56. The maximum absolute atomic E-state index is 10.5. The molecule has 2 aliphatic carbocycles. The van der Waals surface area contributed by atoms with E-state index in [9.17, 15) is 4.79 Å². The van der Waals surface area contributed by atoms with Crippen LogP contribution in [-0.4, -0.2) is 31.3 Å². The van der Waals surface area contributed by atoms with Gasteiger partial charge in [0.15, 0.2) is 5.82 Å². The number of carboxylic acids is 1. The van der Waals surface area contributed by atoms with Crippen LogP contribution in [-0.2, 0) is 17.8 Å². The highest BCUT2D eigenvalue weighted by atomic mass is 16.4. The number of rotatable bonds is 6. The molecule has 2 fully saturated rings. The van der Waals surface area contributed by atoms with Gasteiger partial charge in [0.2, 0.25) is 0 Å². The van der Waals surface area contributed by atoms with Crippen molar-refractivity contribution in [3.8, 4) is 0 Å². The lowest BCUT2D eigenvalue weighted by atomic mass is 9.86. The van der Waals surface area contributed by atoms with E-state index in [0.717, 1.165) is 30.0 Å². The minimum atomic E-state index is -0.761. The zero-order chi connectivity index (χ0) is 13.2. The Hall–Kier alpha value is -1.46. The van der Waals surface area contributed by atoms with Crippen LogP contribution in [0.15, 0.2) is 0 Å². The van der Waals surface area contributed by atoms with Crippen molar-refractivity contribution in [2.24, 2.45) is 17.8 Å². The topological polar surface area (TPSA) is 80.9 Å². The van der Waals surface area contributed by atoms with Crippen molar-refractivity contribution >= 4 is 5.97 Å². The van der Waals surface area contributed by atoms with Gasteiger partial charge in [-0.2, -0.15) is 0 Å². The first-order valence-electron chi connectivity index (χ1n) is 7.19. The Morgan fingerprint density at radius 3 is 2.95 bits per heavy atom. The van der Waals surface area contributed by atoms with E-state index in [0.29, 0.717) is 13.0 Å². The fraction of sp³-hybridized carbons (Fsp3) is 0.846. The first-order chi connectivity index (χ1) is 9.22. The Bertz CT molecular complexity index is 459. The third-order valence-electron chi connectivity index (χ3n) is 4.70. The molecular weight excluding hydrogens is 244 g/mol. The number of hydrogen-bond acceptors (Lipinski definition) is 4. The van der Waals surface area contributed by atoms with Gasteiger partial charge in [-0.25, -0.2) is 4.68 Å². The monoisotopic (exact) mass is 264 g/mol. The standard InChI is InChI=1S/C13H20N4O2/c18-13(19)2-1-5-17-12(14-15-16-17)8-11-7-9-3-4-10(11)6-9/h9-11H,1-8H2,(H,18,19). The van der Waals surface area contributed by atoms with Gasteiger partial charge in [-0.05, 0) is 53.9 Å². The van der Waals surface area contributed by atoms with Crippen molar-refractivity contribution in [1.29, 1.82) is 0 Å². The lowest BCUT2D eigenvalue weighted by Crippen LogP contribution is -2.17. The summed E-state index contributed by atoms with van der Waals surface area (Å²) in [5.41, 5.74) is 0. The number of nitrogens with zero attached hydrogens (tertiary/aromatic N) is 4. The minimum Gasteiger partial charge on any atom is -0.481 e. The van der Waals surface area contributed by atoms with E-state index in [2.05, 4.69) is 15.5 Å². The maximum Gasteiger partial charge on any atom is 0.303 e. The van der Waals surface area contributed by atoms with Gasteiger partial charge in [-0.3, -0.25) is 4.79 Å². The summed E-state index contributed by atoms with van der Waals surface area (Å²) in [6.07, 6.45) is 7.22. The average Bonchev–Trinajstić information content (AvgIpc) is 3.06. The molecule has 0 spiro atoms. The van der Waals surface area contributed by atoms with Crippen LogP contribution < -0.4 is 0 Å². The molecule has 3 rings (SSSR count). The molecular formula is C13H20N4O2. The van der Waals surface area contributed by atoms with Gasteiger partial charge < -0.3 is 5.11 Å². The maximum atomic E-state index is 10.5. The Labute approximate surface area is 112 Å². The summed E-state index contributed by atoms with van der Waals surface area (Å²) >= 11 is 0. The van der Waals surface area contributed by atoms with E-state index in [1.807, 2.05) is 0 Å². The Morgan fingerprint density at radius 2 is 2.26 bits per heavy atom. The number of aliphatic carboxylic acids is 1. The molecule has 19 heavy (non-hydrogen) atoms. The van der Waals surface area contributed by atoms with Gasteiger partial charge in [-0.1, -0.05) is 6.42 Å². The summed E-state index contributed by atoms with van der Waals surface area (Å²) in [6.45, 7) is 0.607. The van der Waals surface area contributed by atoms with Crippen LogP contribution in [0.3, 0.4) is 0 Å². The number of fused-ring (bicyclic) bond motifs is 2. The molecule has 2 bridgehead atoms. The van der Waals surface area contributed by atoms with Gasteiger partial charge in [0.25, 0.3) is 0 Å². The number of tetrazole rings is 1. The third kappa shape index (κ3) is 2.77. The fourth-order valence-corrected chi connectivity index (χ4v) is 3.78. The van der Waals surface area contributed by atoms with Gasteiger partial charge in [0.05, 0.1) is 0 Å².